The van der Waals surface area contributed by atoms with E-state index in [4.69, 9.17) is 28.5 Å². The van der Waals surface area contributed by atoms with Gasteiger partial charge in [-0.2, -0.15) is 5.26 Å². The number of rotatable bonds is 4. The van der Waals surface area contributed by atoms with Gasteiger partial charge in [0.15, 0.2) is 0 Å². The number of carbonyl (C=O) groups is 1. The van der Waals surface area contributed by atoms with E-state index in [1.165, 1.54) is 11.8 Å². The van der Waals surface area contributed by atoms with Gasteiger partial charge in [-0.25, -0.2) is 0 Å². The lowest BCUT2D eigenvalue weighted by Gasteiger charge is -2.13. The van der Waals surface area contributed by atoms with Crippen LogP contribution in [0.5, 0.6) is 0 Å². The van der Waals surface area contributed by atoms with Crippen LogP contribution in [0.15, 0.2) is 47.4 Å². The molecule has 1 amide bonds. The minimum atomic E-state index is -0.386. The molecule has 6 heteroatoms. The summed E-state index contributed by atoms with van der Waals surface area (Å²) in [5.74, 6) is -0.205. The van der Waals surface area contributed by atoms with Crippen molar-refractivity contribution in [1.82, 2.24) is 0 Å². The van der Waals surface area contributed by atoms with Gasteiger partial charge in [-0.1, -0.05) is 35.3 Å². The maximum Gasteiger partial charge on any atom is 0.237 e. The van der Waals surface area contributed by atoms with Crippen LogP contribution in [-0.4, -0.2) is 11.2 Å². The quantitative estimate of drug-likeness (QED) is 0.790. The molecule has 112 valence electrons. The highest BCUT2D eigenvalue weighted by Gasteiger charge is 2.17. The largest absolute Gasteiger partial charge is 0.324 e. The van der Waals surface area contributed by atoms with Gasteiger partial charge in [-0.05, 0) is 37.3 Å². The summed E-state index contributed by atoms with van der Waals surface area (Å²) in [5.41, 5.74) is 0.925. The van der Waals surface area contributed by atoms with E-state index in [0.29, 0.717) is 21.3 Å². The SMILES string of the molecule is C[C@H](Sc1cc(Cl)ccc1Cl)C(=O)Nc1ccccc1C#N. The van der Waals surface area contributed by atoms with E-state index in [1.807, 2.05) is 6.07 Å². The number of hydrogen-bond acceptors (Lipinski definition) is 3. The molecule has 0 radical (unpaired) electrons. The molecule has 0 aliphatic heterocycles. The molecule has 0 saturated carbocycles. The fourth-order valence-corrected chi connectivity index (χ4v) is 3.15. The van der Waals surface area contributed by atoms with Crippen LogP contribution in [0.3, 0.4) is 0 Å². The minimum Gasteiger partial charge on any atom is -0.324 e. The first-order valence-electron chi connectivity index (χ1n) is 6.43. The van der Waals surface area contributed by atoms with Gasteiger partial charge >= 0.3 is 0 Å². The van der Waals surface area contributed by atoms with Crippen molar-refractivity contribution in [2.45, 2.75) is 17.1 Å². The number of carbonyl (C=O) groups excluding carboxylic acids is 1. The van der Waals surface area contributed by atoms with Crippen molar-refractivity contribution >= 4 is 46.6 Å². The predicted molar refractivity (Wildman–Crippen MR) is 91.6 cm³/mol. The van der Waals surface area contributed by atoms with E-state index in [0.717, 1.165) is 4.90 Å². The Labute approximate surface area is 143 Å². The molecule has 0 bridgehead atoms. The van der Waals surface area contributed by atoms with Crippen molar-refractivity contribution in [3.8, 4) is 6.07 Å². The lowest BCUT2D eigenvalue weighted by atomic mass is 10.2. The first-order valence-corrected chi connectivity index (χ1v) is 8.06. The van der Waals surface area contributed by atoms with E-state index in [1.54, 1.807) is 49.4 Å². The number of anilines is 1. The fraction of sp³-hybridized carbons (Fsp3) is 0.125. The Balaban J connectivity index is 2.10. The summed E-state index contributed by atoms with van der Waals surface area (Å²) in [6.07, 6.45) is 0. The van der Waals surface area contributed by atoms with Gasteiger partial charge < -0.3 is 5.32 Å². The van der Waals surface area contributed by atoms with Gasteiger partial charge in [0, 0.05) is 9.92 Å². The lowest BCUT2D eigenvalue weighted by Crippen LogP contribution is -2.22. The summed E-state index contributed by atoms with van der Waals surface area (Å²) < 4.78 is 0. The smallest absolute Gasteiger partial charge is 0.237 e. The molecule has 1 N–H and O–H groups in total. The number of amides is 1. The summed E-state index contributed by atoms with van der Waals surface area (Å²) >= 11 is 13.4. The van der Waals surface area contributed by atoms with Crippen LogP contribution in [0.4, 0.5) is 5.69 Å². The third kappa shape index (κ3) is 4.17. The molecule has 0 unspecified atom stereocenters. The third-order valence-electron chi connectivity index (χ3n) is 2.87. The fourth-order valence-electron chi connectivity index (χ4n) is 1.74. The van der Waals surface area contributed by atoms with Gasteiger partial charge in [0.25, 0.3) is 0 Å². The molecule has 2 rings (SSSR count). The molecular weight excluding hydrogens is 339 g/mol. The zero-order valence-corrected chi connectivity index (χ0v) is 14.0. The predicted octanol–water partition coefficient (Wildman–Crippen LogP) is 4.98. The summed E-state index contributed by atoms with van der Waals surface area (Å²) in [4.78, 5) is 13.0. The molecule has 2 aromatic rings. The van der Waals surface area contributed by atoms with E-state index < -0.39 is 0 Å². The van der Waals surface area contributed by atoms with Crippen LogP contribution in [0.25, 0.3) is 0 Å². The van der Waals surface area contributed by atoms with Gasteiger partial charge in [0.1, 0.15) is 6.07 Å². The molecule has 0 spiro atoms. The van der Waals surface area contributed by atoms with Crippen LogP contribution in [0, 0.1) is 11.3 Å². The number of benzene rings is 2. The van der Waals surface area contributed by atoms with Crippen LogP contribution >= 0.6 is 35.0 Å². The molecule has 0 aromatic heterocycles. The van der Waals surface area contributed by atoms with Crippen molar-refractivity contribution in [1.29, 1.82) is 5.26 Å². The van der Waals surface area contributed by atoms with Crippen molar-refractivity contribution in [2.24, 2.45) is 0 Å². The number of nitrogens with one attached hydrogen (secondary N) is 1. The van der Waals surface area contributed by atoms with E-state index in [9.17, 15) is 4.79 Å². The normalized spacial score (nSPS) is 11.5. The summed E-state index contributed by atoms with van der Waals surface area (Å²) in [7, 11) is 0. The second kappa shape index (κ2) is 7.55. The number of hydrogen-bond donors (Lipinski definition) is 1. The molecule has 0 saturated heterocycles. The third-order valence-corrected chi connectivity index (χ3v) is 4.71. The van der Waals surface area contributed by atoms with Gasteiger partial charge in [0.2, 0.25) is 5.91 Å². The standard InChI is InChI=1S/C16H12Cl2N2OS/c1-10(22-15-8-12(17)6-7-13(15)18)16(21)20-14-5-3-2-4-11(14)9-19/h2-8,10H,1H3,(H,20,21)/t10-/m0/s1. The van der Waals surface area contributed by atoms with E-state index in [2.05, 4.69) is 5.32 Å². The minimum absolute atomic E-state index is 0.205. The molecule has 0 heterocycles. The number of thioether (sulfide) groups is 1. The highest BCUT2D eigenvalue weighted by atomic mass is 35.5. The molecule has 22 heavy (non-hydrogen) atoms. The molecule has 0 fully saturated rings. The van der Waals surface area contributed by atoms with Crippen molar-refractivity contribution in [3.05, 3.63) is 58.1 Å². The Morgan fingerprint density at radius 1 is 1.27 bits per heavy atom. The van der Waals surface area contributed by atoms with Crippen LogP contribution in [0.1, 0.15) is 12.5 Å². The van der Waals surface area contributed by atoms with Gasteiger partial charge in [0.05, 0.1) is 21.5 Å². The first kappa shape index (κ1) is 16.7. The topological polar surface area (TPSA) is 52.9 Å². The zero-order chi connectivity index (χ0) is 16.1. The summed E-state index contributed by atoms with van der Waals surface area (Å²) in [5, 5.41) is 12.5. The molecule has 0 aliphatic carbocycles. The maximum absolute atomic E-state index is 12.3. The maximum atomic E-state index is 12.3. The Bertz CT molecular complexity index is 743. The summed E-state index contributed by atoms with van der Waals surface area (Å²) in [6, 6.07) is 14.0. The van der Waals surface area contributed by atoms with Crippen LogP contribution in [0.2, 0.25) is 10.0 Å². The van der Waals surface area contributed by atoms with E-state index in [-0.39, 0.29) is 11.2 Å². The Hall–Kier alpha value is -1.67. The number of para-hydroxylation sites is 1. The van der Waals surface area contributed by atoms with Crippen molar-refractivity contribution in [3.63, 3.8) is 0 Å². The zero-order valence-electron chi connectivity index (χ0n) is 11.6. The highest BCUT2D eigenvalue weighted by molar-refractivity contribution is 8.00. The number of halogens is 2. The Kier molecular flexibility index (Phi) is 5.73. The first-order chi connectivity index (χ1) is 10.5. The monoisotopic (exact) mass is 350 g/mol. The van der Waals surface area contributed by atoms with Crippen LogP contribution < -0.4 is 5.32 Å². The van der Waals surface area contributed by atoms with Gasteiger partial charge in [-0.3, -0.25) is 4.79 Å². The van der Waals surface area contributed by atoms with Crippen molar-refractivity contribution < 1.29 is 4.79 Å². The average molecular weight is 351 g/mol. The van der Waals surface area contributed by atoms with Gasteiger partial charge in [-0.15, -0.1) is 11.8 Å². The van der Waals surface area contributed by atoms with Crippen molar-refractivity contribution in [2.75, 3.05) is 5.32 Å². The van der Waals surface area contributed by atoms with E-state index >= 15 is 0 Å². The second-order valence-corrected chi connectivity index (χ2v) is 6.71. The molecule has 0 aliphatic rings. The average Bonchev–Trinajstić information content (AvgIpc) is 2.51. The molecule has 2 aromatic carbocycles. The molecule has 1 atom stereocenters. The summed E-state index contributed by atoms with van der Waals surface area (Å²) in [6.45, 7) is 1.77. The number of nitriles is 1. The molecular formula is C16H12Cl2N2OS. The Morgan fingerprint density at radius 3 is 2.73 bits per heavy atom. The highest BCUT2D eigenvalue weighted by Crippen LogP contribution is 2.33. The second-order valence-electron chi connectivity index (χ2n) is 4.48. The molecule has 3 nitrogen and oxygen atoms in total. The lowest BCUT2D eigenvalue weighted by molar-refractivity contribution is -0.115. The van der Waals surface area contributed by atoms with Crippen LogP contribution in [-0.2, 0) is 4.79 Å². The number of nitrogens with zero attached hydrogens (tertiary/aromatic N) is 1. The Morgan fingerprint density at radius 2 is 2.00 bits per heavy atom.